The van der Waals surface area contributed by atoms with Crippen molar-refractivity contribution in [1.82, 2.24) is 10.2 Å². The summed E-state index contributed by atoms with van der Waals surface area (Å²) in [5.74, 6) is 0. The second-order valence-electron chi connectivity index (χ2n) is 4.48. The molecule has 1 rings (SSSR count). The fourth-order valence-corrected chi connectivity index (χ4v) is 2.73. The van der Waals surface area contributed by atoms with Crippen molar-refractivity contribution in [2.75, 3.05) is 6.54 Å². The van der Waals surface area contributed by atoms with E-state index in [-0.39, 0.29) is 0 Å². The number of unbranched alkanes of at least 4 members (excludes halogenated alkanes) is 1. The molecule has 3 heteroatoms. The summed E-state index contributed by atoms with van der Waals surface area (Å²) in [7, 11) is 0. The Kier molecular flexibility index (Phi) is 5.37. The van der Waals surface area contributed by atoms with Crippen LogP contribution in [0.25, 0.3) is 0 Å². The van der Waals surface area contributed by atoms with Crippen molar-refractivity contribution in [1.29, 1.82) is 0 Å². The minimum absolute atomic E-state index is 0.622. The van der Waals surface area contributed by atoms with Crippen molar-refractivity contribution >= 4 is 17.3 Å². The lowest BCUT2D eigenvalue weighted by molar-refractivity contribution is 0.316. The lowest BCUT2D eigenvalue weighted by Crippen LogP contribution is -2.46. The zero-order chi connectivity index (χ0) is 11.3. The number of likely N-dealkylation sites (tertiary alicyclic amines) is 1. The van der Waals surface area contributed by atoms with Gasteiger partial charge in [-0.25, -0.2) is 0 Å². The van der Waals surface area contributed by atoms with Gasteiger partial charge in [0.1, 0.15) is 0 Å². The molecule has 0 amide bonds. The molecule has 1 aliphatic rings. The van der Waals surface area contributed by atoms with Gasteiger partial charge in [0.15, 0.2) is 5.11 Å². The van der Waals surface area contributed by atoms with Gasteiger partial charge in [0.25, 0.3) is 0 Å². The van der Waals surface area contributed by atoms with Crippen LogP contribution in [0.3, 0.4) is 0 Å². The molecule has 2 atom stereocenters. The molecular formula is C12H24N2S. The third-order valence-electron chi connectivity index (χ3n) is 3.30. The van der Waals surface area contributed by atoms with Crippen molar-refractivity contribution in [2.24, 2.45) is 0 Å². The lowest BCUT2D eigenvalue weighted by Gasteiger charge is -2.30. The molecule has 1 heterocycles. The number of hydrogen-bond donors (Lipinski definition) is 1. The van der Waals surface area contributed by atoms with Crippen molar-refractivity contribution < 1.29 is 0 Å². The molecule has 2 unspecified atom stereocenters. The van der Waals surface area contributed by atoms with Gasteiger partial charge >= 0.3 is 0 Å². The Hall–Kier alpha value is -0.310. The summed E-state index contributed by atoms with van der Waals surface area (Å²) in [6.07, 6.45) is 6.23. The maximum Gasteiger partial charge on any atom is 0.169 e. The van der Waals surface area contributed by atoms with E-state index in [1.807, 2.05) is 0 Å². The van der Waals surface area contributed by atoms with Crippen LogP contribution in [0.5, 0.6) is 0 Å². The Labute approximate surface area is 99.4 Å². The smallest absolute Gasteiger partial charge is 0.169 e. The standard InChI is InChI=1S/C12H24N2S/c1-4-6-9-13-12(15)14-10(3)7-8-11(14)5-2/h10-11H,4-9H2,1-3H3,(H,13,15). The van der Waals surface area contributed by atoms with Gasteiger partial charge in [-0.05, 0) is 44.8 Å². The van der Waals surface area contributed by atoms with Crippen LogP contribution in [-0.2, 0) is 0 Å². The first-order valence-corrected chi connectivity index (χ1v) is 6.67. The van der Waals surface area contributed by atoms with E-state index in [1.165, 1.54) is 32.1 Å². The molecule has 1 aliphatic heterocycles. The van der Waals surface area contributed by atoms with Gasteiger partial charge in [0.2, 0.25) is 0 Å². The molecule has 0 bridgehead atoms. The van der Waals surface area contributed by atoms with Crippen LogP contribution in [-0.4, -0.2) is 28.6 Å². The number of nitrogens with zero attached hydrogens (tertiary/aromatic N) is 1. The van der Waals surface area contributed by atoms with Crippen LogP contribution in [0.4, 0.5) is 0 Å². The van der Waals surface area contributed by atoms with Crippen LogP contribution in [0, 0.1) is 0 Å². The van der Waals surface area contributed by atoms with Crippen LogP contribution >= 0.6 is 12.2 Å². The summed E-state index contributed by atoms with van der Waals surface area (Å²) >= 11 is 5.46. The van der Waals surface area contributed by atoms with Gasteiger partial charge in [-0.3, -0.25) is 0 Å². The number of nitrogens with one attached hydrogen (secondary N) is 1. The summed E-state index contributed by atoms with van der Waals surface area (Å²) < 4.78 is 0. The van der Waals surface area contributed by atoms with E-state index in [0.717, 1.165) is 11.7 Å². The zero-order valence-electron chi connectivity index (χ0n) is 10.3. The molecule has 0 saturated carbocycles. The van der Waals surface area contributed by atoms with Gasteiger partial charge in [0, 0.05) is 18.6 Å². The maximum absolute atomic E-state index is 5.46. The van der Waals surface area contributed by atoms with Crippen molar-refractivity contribution in [3.63, 3.8) is 0 Å². The fraction of sp³-hybridized carbons (Fsp3) is 0.917. The van der Waals surface area contributed by atoms with Gasteiger partial charge in [0.05, 0.1) is 0 Å². The molecule has 15 heavy (non-hydrogen) atoms. The Morgan fingerprint density at radius 3 is 2.73 bits per heavy atom. The molecule has 0 aliphatic carbocycles. The average Bonchev–Trinajstić information content (AvgIpc) is 2.59. The minimum atomic E-state index is 0.622. The first-order valence-electron chi connectivity index (χ1n) is 6.26. The van der Waals surface area contributed by atoms with E-state index in [2.05, 4.69) is 31.0 Å². The summed E-state index contributed by atoms with van der Waals surface area (Å²) in [6, 6.07) is 1.29. The topological polar surface area (TPSA) is 15.3 Å². The van der Waals surface area contributed by atoms with E-state index in [9.17, 15) is 0 Å². The monoisotopic (exact) mass is 228 g/mol. The molecule has 2 nitrogen and oxygen atoms in total. The molecule has 1 fully saturated rings. The van der Waals surface area contributed by atoms with Crippen LogP contribution in [0.15, 0.2) is 0 Å². The highest BCUT2D eigenvalue weighted by atomic mass is 32.1. The number of thiocarbonyl (C=S) groups is 1. The minimum Gasteiger partial charge on any atom is -0.363 e. The Bertz CT molecular complexity index is 206. The lowest BCUT2D eigenvalue weighted by atomic mass is 10.2. The average molecular weight is 228 g/mol. The van der Waals surface area contributed by atoms with Gasteiger partial charge in [-0.1, -0.05) is 20.3 Å². The maximum atomic E-state index is 5.46. The largest absolute Gasteiger partial charge is 0.363 e. The number of hydrogen-bond acceptors (Lipinski definition) is 1. The van der Waals surface area contributed by atoms with Gasteiger partial charge in [-0.2, -0.15) is 0 Å². The van der Waals surface area contributed by atoms with Crippen molar-refractivity contribution in [2.45, 2.75) is 65.0 Å². The number of rotatable bonds is 4. The predicted molar refractivity (Wildman–Crippen MR) is 70.1 cm³/mol. The van der Waals surface area contributed by atoms with Crippen molar-refractivity contribution in [3.05, 3.63) is 0 Å². The quantitative estimate of drug-likeness (QED) is 0.588. The molecule has 0 spiro atoms. The second-order valence-corrected chi connectivity index (χ2v) is 4.87. The SMILES string of the molecule is CCCCNC(=S)N1C(C)CCC1CC. The van der Waals surface area contributed by atoms with E-state index in [4.69, 9.17) is 12.2 Å². The Morgan fingerprint density at radius 1 is 1.40 bits per heavy atom. The van der Waals surface area contributed by atoms with E-state index < -0.39 is 0 Å². The summed E-state index contributed by atoms with van der Waals surface area (Å²) in [5, 5.41) is 4.35. The Balaban J connectivity index is 2.41. The van der Waals surface area contributed by atoms with Gasteiger partial charge < -0.3 is 10.2 Å². The zero-order valence-corrected chi connectivity index (χ0v) is 11.1. The van der Waals surface area contributed by atoms with E-state index >= 15 is 0 Å². The van der Waals surface area contributed by atoms with E-state index in [0.29, 0.717) is 12.1 Å². The molecule has 1 N–H and O–H groups in total. The summed E-state index contributed by atoms with van der Waals surface area (Å²) in [6.45, 7) is 7.76. The third-order valence-corrected chi connectivity index (χ3v) is 3.65. The fourth-order valence-electron chi connectivity index (χ4n) is 2.30. The normalized spacial score (nSPS) is 25.7. The van der Waals surface area contributed by atoms with Crippen LogP contribution < -0.4 is 5.32 Å². The highest BCUT2D eigenvalue weighted by molar-refractivity contribution is 7.80. The molecule has 1 saturated heterocycles. The summed E-state index contributed by atoms with van der Waals surface area (Å²) in [5.41, 5.74) is 0. The molecule has 88 valence electrons. The Morgan fingerprint density at radius 2 is 2.13 bits per heavy atom. The highest BCUT2D eigenvalue weighted by Crippen LogP contribution is 2.25. The van der Waals surface area contributed by atoms with Crippen LogP contribution in [0.1, 0.15) is 52.9 Å². The molecule has 0 aromatic rings. The van der Waals surface area contributed by atoms with Gasteiger partial charge in [-0.15, -0.1) is 0 Å². The second kappa shape index (κ2) is 6.31. The van der Waals surface area contributed by atoms with Crippen LogP contribution in [0.2, 0.25) is 0 Å². The predicted octanol–water partition coefficient (Wildman–Crippen LogP) is 2.92. The molecular weight excluding hydrogens is 204 g/mol. The molecule has 0 aromatic heterocycles. The van der Waals surface area contributed by atoms with E-state index in [1.54, 1.807) is 0 Å². The highest BCUT2D eigenvalue weighted by Gasteiger charge is 2.30. The first-order chi connectivity index (χ1) is 7.20. The van der Waals surface area contributed by atoms with Crippen molar-refractivity contribution in [3.8, 4) is 0 Å². The molecule has 0 aromatic carbocycles. The molecule has 0 radical (unpaired) electrons. The first kappa shape index (κ1) is 12.8. The third kappa shape index (κ3) is 3.33. The summed E-state index contributed by atoms with van der Waals surface area (Å²) in [4.78, 5) is 2.41.